The van der Waals surface area contributed by atoms with Crippen molar-refractivity contribution in [2.24, 2.45) is 10.7 Å². The van der Waals surface area contributed by atoms with Gasteiger partial charge in [-0.15, -0.1) is 24.0 Å². The molecule has 0 radical (unpaired) electrons. The van der Waals surface area contributed by atoms with E-state index in [1.807, 2.05) is 42.5 Å². The van der Waals surface area contributed by atoms with Gasteiger partial charge in [0, 0.05) is 29.9 Å². The third-order valence-corrected chi connectivity index (χ3v) is 5.49. The lowest BCUT2D eigenvalue weighted by molar-refractivity contribution is -0.0966. The summed E-state index contributed by atoms with van der Waals surface area (Å²) in [6.45, 7) is 7.03. The Labute approximate surface area is 212 Å². The van der Waals surface area contributed by atoms with Gasteiger partial charge in [-0.2, -0.15) is 0 Å². The van der Waals surface area contributed by atoms with Crippen molar-refractivity contribution in [1.82, 2.24) is 4.90 Å². The van der Waals surface area contributed by atoms with Gasteiger partial charge < -0.3 is 25.3 Å². The number of ether oxygens (including phenoxy) is 3. The maximum atomic E-state index is 6.20. The van der Waals surface area contributed by atoms with E-state index in [9.17, 15) is 0 Å². The van der Waals surface area contributed by atoms with Crippen molar-refractivity contribution in [3.8, 4) is 11.5 Å². The fourth-order valence-electron chi connectivity index (χ4n) is 3.72. The zero-order valence-electron chi connectivity index (χ0n) is 18.9. The Morgan fingerprint density at radius 3 is 2.50 bits per heavy atom. The van der Waals surface area contributed by atoms with Gasteiger partial charge in [0.15, 0.2) is 17.5 Å². The quantitative estimate of drug-likeness (QED) is 0.287. The smallest absolute Gasteiger partial charge is 0.193 e. The molecule has 2 aromatic rings. The van der Waals surface area contributed by atoms with Crippen LogP contribution in [-0.2, 0) is 4.74 Å². The Bertz CT molecular complexity index is 909. The molecule has 1 atom stereocenters. The van der Waals surface area contributed by atoms with Gasteiger partial charge in [-0.3, -0.25) is 9.89 Å². The number of morpholine rings is 1. The highest BCUT2D eigenvalue weighted by Crippen LogP contribution is 2.30. The average molecular weight is 575 g/mol. The molecule has 0 aliphatic carbocycles. The third kappa shape index (κ3) is 7.13. The molecule has 1 heterocycles. The van der Waals surface area contributed by atoms with E-state index in [4.69, 9.17) is 31.5 Å². The molecule has 1 aliphatic heterocycles. The second kappa shape index (κ2) is 11.9. The van der Waals surface area contributed by atoms with E-state index in [1.54, 1.807) is 14.2 Å². The molecule has 2 aromatic carbocycles. The summed E-state index contributed by atoms with van der Waals surface area (Å²) in [6.07, 6.45) is 0. The second-order valence-corrected chi connectivity index (χ2v) is 8.50. The maximum Gasteiger partial charge on any atom is 0.193 e. The zero-order chi connectivity index (χ0) is 22.4. The molecular formula is C23H32ClIN4O3. The van der Waals surface area contributed by atoms with Gasteiger partial charge in [0.1, 0.15) is 0 Å². The van der Waals surface area contributed by atoms with Crippen molar-refractivity contribution in [1.29, 1.82) is 0 Å². The summed E-state index contributed by atoms with van der Waals surface area (Å²) in [6, 6.07) is 13.5. The van der Waals surface area contributed by atoms with E-state index in [1.165, 1.54) is 0 Å². The first-order valence-corrected chi connectivity index (χ1v) is 10.6. The summed E-state index contributed by atoms with van der Waals surface area (Å²) >= 11 is 6.10. The van der Waals surface area contributed by atoms with Crippen molar-refractivity contribution >= 4 is 47.2 Å². The van der Waals surface area contributed by atoms with E-state index < -0.39 is 0 Å². The van der Waals surface area contributed by atoms with Crippen LogP contribution in [0.4, 0.5) is 5.69 Å². The zero-order valence-corrected chi connectivity index (χ0v) is 22.0. The van der Waals surface area contributed by atoms with E-state index in [-0.39, 0.29) is 35.6 Å². The standard InChI is InChI=1S/C23H31ClN4O3.HI/c1-23(2)15-28(11-12-31-23)19(16-5-7-17(24)8-6-16)14-26-22(25)27-18-9-10-20(29-3)21(13-18)30-4;/h5-10,13,19H,11-12,14-15H2,1-4H3,(H3,25,26,27);1H. The molecule has 3 rings (SSSR count). The van der Waals surface area contributed by atoms with Crippen LogP contribution in [0, 0.1) is 0 Å². The molecule has 0 bridgehead atoms. The van der Waals surface area contributed by atoms with Gasteiger partial charge >= 0.3 is 0 Å². The highest BCUT2D eigenvalue weighted by molar-refractivity contribution is 14.0. The van der Waals surface area contributed by atoms with Crippen LogP contribution >= 0.6 is 35.6 Å². The first-order valence-electron chi connectivity index (χ1n) is 10.2. The Kier molecular flexibility index (Phi) is 9.87. The minimum atomic E-state index is -0.212. The Morgan fingerprint density at radius 1 is 1.19 bits per heavy atom. The van der Waals surface area contributed by atoms with Crippen LogP contribution in [0.5, 0.6) is 11.5 Å². The minimum absolute atomic E-state index is 0. The van der Waals surface area contributed by atoms with Gasteiger partial charge in [0.2, 0.25) is 0 Å². The first kappa shape index (κ1) is 26.5. The molecule has 0 saturated carbocycles. The van der Waals surface area contributed by atoms with E-state index in [0.29, 0.717) is 35.6 Å². The molecule has 0 spiro atoms. The number of rotatable bonds is 7. The van der Waals surface area contributed by atoms with E-state index in [0.717, 1.165) is 24.3 Å². The molecule has 7 nitrogen and oxygen atoms in total. The fourth-order valence-corrected chi connectivity index (χ4v) is 3.85. The summed E-state index contributed by atoms with van der Waals surface area (Å²) in [5.74, 6) is 1.61. The van der Waals surface area contributed by atoms with Crippen molar-refractivity contribution < 1.29 is 14.2 Å². The SMILES string of the molecule is COc1ccc(NC(N)=NCC(c2ccc(Cl)cc2)N2CCOC(C)(C)C2)cc1OC.I. The maximum absolute atomic E-state index is 6.20. The number of halogens is 2. The lowest BCUT2D eigenvalue weighted by Crippen LogP contribution is -2.50. The number of anilines is 1. The van der Waals surface area contributed by atoms with Crippen LogP contribution in [0.1, 0.15) is 25.5 Å². The van der Waals surface area contributed by atoms with Crippen LogP contribution in [0.25, 0.3) is 0 Å². The molecule has 3 N–H and O–H groups in total. The minimum Gasteiger partial charge on any atom is -0.493 e. The molecule has 1 aliphatic rings. The Morgan fingerprint density at radius 2 is 1.88 bits per heavy atom. The van der Waals surface area contributed by atoms with E-state index >= 15 is 0 Å². The van der Waals surface area contributed by atoms with Gasteiger partial charge in [-0.05, 0) is 43.7 Å². The molecule has 32 heavy (non-hydrogen) atoms. The number of aliphatic imine (C=N–C) groups is 1. The molecule has 9 heteroatoms. The highest BCUT2D eigenvalue weighted by Gasteiger charge is 2.32. The first-order chi connectivity index (χ1) is 14.8. The molecule has 1 fully saturated rings. The van der Waals surface area contributed by atoms with E-state index in [2.05, 4.69) is 29.1 Å². The third-order valence-electron chi connectivity index (χ3n) is 5.24. The van der Waals surface area contributed by atoms with Crippen LogP contribution < -0.4 is 20.5 Å². The number of hydrogen-bond acceptors (Lipinski definition) is 5. The largest absolute Gasteiger partial charge is 0.493 e. The second-order valence-electron chi connectivity index (χ2n) is 8.07. The van der Waals surface area contributed by atoms with Crippen molar-refractivity contribution in [3.05, 3.63) is 53.1 Å². The molecule has 176 valence electrons. The van der Waals surface area contributed by atoms with Crippen molar-refractivity contribution in [2.75, 3.05) is 45.8 Å². The van der Waals surface area contributed by atoms with Gasteiger partial charge in [-0.1, -0.05) is 23.7 Å². The van der Waals surface area contributed by atoms with Crippen LogP contribution in [0.2, 0.25) is 5.02 Å². The Balaban J connectivity index is 0.00000363. The van der Waals surface area contributed by atoms with Gasteiger partial charge in [0.25, 0.3) is 0 Å². The number of nitrogens with two attached hydrogens (primary N) is 1. The summed E-state index contributed by atoms with van der Waals surface area (Å²) in [5, 5.41) is 3.84. The lowest BCUT2D eigenvalue weighted by Gasteiger charge is -2.42. The normalized spacial score (nSPS) is 17.2. The number of nitrogens with one attached hydrogen (secondary N) is 1. The van der Waals surface area contributed by atoms with Gasteiger partial charge in [-0.25, -0.2) is 0 Å². The predicted octanol–water partition coefficient (Wildman–Crippen LogP) is 4.55. The summed E-state index contributed by atoms with van der Waals surface area (Å²) < 4.78 is 16.5. The molecule has 1 unspecified atom stereocenters. The predicted molar refractivity (Wildman–Crippen MR) is 141 cm³/mol. The number of hydrogen-bond donors (Lipinski definition) is 2. The fraction of sp³-hybridized carbons (Fsp3) is 0.435. The highest BCUT2D eigenvalue weighted by atomic mass is 127. The van der Waals surface area contributed by atoms with Crippen LogP contribution in [0.15, 0.2) is 47.5 Å². The molecule has 0 amide bonds. The molecular weight excluding hydrogens is 543 g/mol. The lowest BCUT2D eigenvalue weighted by atomic mass is 10.0. The summed E-state index contributed by atoms with van der Waals surface area (Å²) in [7, 11) is 3.20. The molecule has 0 aromatic heterocycles. The van der Waals surface area contributed by atoms with Crippen LogP contribution in [-0.4, -0.2) is 56.9 Å². The Hall–Kier alpha value is -1.75. The number of benzene rings is 2. The summed E-state index contributed by atoms with van der Waals surface area (Å²) in [4.78, 5) is 7.02. The number of methoxy groups -OCH3 is 2. The summed E-state index contributed by atoms with van der Waals surface area (Å²) in [5.41, 5.74) is 7.91. The number of nitrogens with zero attached hydrogens (tertiary/aromatic N) is 2. The van der Waals surface area contributed by atoms with Crippen molar-refractivity contribution in [3.63, 3.8) is 0 Å². The topological polar surface area (TPSA) is 81.3 Å². The van der Waals surface area contributed by atoms with Gasteiger partial charge in [0.05, 0.1) is 39.0 Å². The van der Waals surface area contributed by atoms with Crippen LogP contribution in [0.3, 0.4) is 0 Å². The molecule has 1 saturated heterocycles. The van der Waals surface area contributed by atoms with Crippen molar-refractivity contribution in [2.45, 2.75) is 25.5 Å². The monoisotopic (exact) mass is 574 g/mol. The number of guanidine groups is 1. The average Bonchev–Trinajstić information content (AvgIpc) is 2.74.